The first-order valence-corrected chi connectivity index (χ1v) is 2.05. The first-order chi connectivity index (χ1) is 3.18. The predicted octanol–water partition coefficient (Wildman–Crippen LogP) is -0.0985. The van der Waals surface area contributed by atoms with Crippen LogP contribution in [0.3, 0.4) is 0 Å². The van der Waals surface area contributed by atoms with E-state index in [1.165, 1.54) is 0 Å². The minimum atomic E-state index is -0.345. The third-order valence-corrected chi connectivity index (χ3v) is 0.622. The number of nitrogens with one attached hydrogen (secondary N) is 1. The largest absolute Gasteiger partial charge is 0.381 e. The SMILES string of the molecule is CCC(=O)C(=N)N. The summed E-state index contributed by atoms with van der Waals surface area (Å²) in [6.07, 6.45) is 0.329. The number of ketones is 1. The van der Waals surface area contributed by atoms with Crippen molar-refractivity contribution in [1.82, 2.24) is 0 Å². The molecular weight excluding hydrogens is 92.1 g/mol. The van der Waals surface area contributed by atoms with Crippen LogP contribution in [-0.2, 0) is 4.79 Å². The van der Waals surface area contributed by atoms with Crippen LogP contribution in [0.2, 0.25) is 0 Å². The minimum absolute atomic E-state index is 0.292. The molecular formula is C4H8N2O. The van der Waals surface area contributed by atoms with Crippen LogP contribution in [0.15, 0.2) is 0 Å². The van der Waals surface area contributed by atoms with Crippen molar-refractivity contribution in [1.29, 1.82) is 5.41 Å². The Kier molecular flexibility index (Phi) is 2.05. The third kappa shape index (κ3) is 1.92. The smallest absolute Gasteiger partial charge is 0.196 e. The summed E-state index contributed by atoms with van der Waals surface area (Å²) in [6, 6.07) is 0. The molecule has 0 saturated carbocycles. The highest BCUT2D eigenvalue weighted by Crippen LogP contribution is 1.75. The lowest BCUT2D eigenvalue weighted by atomic mass is 10.3. The molecule has 3 N–H and O–H groups in total. The van der Waals surface area contributed by atoms with Crippen molar-refractivity contribution in [2.24, 2.45) is 5.73 Å². The minimum Gasteiger partial charge on any atom is -0.381 e. The van der Waals surface area contributed by atoms with E-state index in [1.54, 1.807) is 6.92 Å². The van der Waals surface area contributed by atoms with Crippen LogP contribution >= 0.6 is 0 Å². The van der Waals surface area contributed by atoms with Crippen molar-refractivity contribution >= 4 is 11.6 Å². The molecule has 0 saturated heterocycles. The molecule has 0 atom stereocenters. The lowest BCUT2D eigenvalue weighted by Crippen LogP contribution is -2.20. The van der Waals surface area contributed by atoms with Crippen LogP contribution in [0.1, 0.15) is 13.3 Å². The second-order valence-electron chi connectivity index (χ2n) is 1.19. The van der Waals surface area contributed by atoms with E-state index < -0.39 is 0 Å². The van der Waals surface area contributed by atoms with Crippen molar-refractivity contribution in [3.8, 4) is 0 Å². The third-order valence-electron chi connectivity index (χ3n) is 0.622. The summed E-state index contributed by atoms with van der Waals surface area (Å²) in [5.74, 6) is -0.637. The molecule has 0 spiro atoms. The van der Waals surface area contributed by atoms with Crippen LogP contribution in [0, 0.1) is 5.41 Å². The van der Waals surface area contributed by atoms with Gasteiger partial charge >= 0.3 is 0 Å². The van der Waals surface area contributed by atoms with E-state index in [4.69, 9.17) is 11.1 Å². The molecule has 0 heterocycles. The molecule has 0 aromatic heterocycles. The molecule has 0 aliphatic heterocycles. The fourth-order valence-electron chi connectivity index (χ4n) is 0.190. The zero-order valence-electron chi connectivity index (χ0n) is 4.19. The number of hydrogen-bond donors (Lipinski definition) is 2. The summed E-state index contributed by atoms with van der Waals surface area (Å²) in [4.78, 5) is 10.2. The molecule has 7 heavy (non-hydrogen) atoms. The molecule has 0 bridgehead atoms. The van der Waals surface area contributed by atoms with E-state index >= 15 is 0 Å². The number of hydrogen-bond acceptors (Lipinski definition) is 2. The maximum absolute atomic E-state index is 10.2. The number of carbonyl (C=O) groups is 1. The van der Waals surface area contributed by atoms with E-state index in [0.717, 1.165) is 0 Å². The van der Waals surface area contributed by atoms with Gasteiger partial charge in [0, 0.05) is 6.42 Å². The molecule has 0 aliphatic carbocycles. The fraction of sp³-hybridized carbons (Fsp3) is 0.500. The highest BCUT2D eigenvalue weighted by Gasteiger charge is 1.97. The zero-order chi connectivity index (χ0) is 5.86. The van der Waals surface area contributed by atoms with Gasteiger partial charge < -0.3 is 5.73 Å². The Bertz CT molecular complexity index is 97.9. The molecule has 3 heteroatoms. The maximum atomic E-state index is 10.2. The van der Waals surface area contributed by atoms with Gasteiger partial charge in [0.2, 0.25) is 0 Å². The molecule has 0 fully saturated rings. The Morgan fingerprint density at radius 3 is 2.29 bits per heavy atom. The molecule has 0 aromatic rings. The van der Waals surface area contributed by atoms with Gasteiger partial charge in [0.1, 0.15) is 0 Å². The van der Waals surface area contributed by atoms with E-state index in [2.05, 4.69) is 0 Å². The summed E-state index contributed by atoms with van der Waals surface area (Å²) < 4.78 is 0. The van der Waals surface area contributed by atoms with Crippen LogP contribution in [0.4, 0.5) is 0 Å². The Morgan fingerprint density at radius 2 is 2.29 bits per heavy atom. The monoisotopic (exact) mass is 100 g/mol. The van der Waals surface area contributed by atoms with E-state index in [9.17, 15) is 4.79 Å². The lowest BCUT2D eigenvalue weighted by Gasteiger charge is -1.86. The average molecular weight is 100 g/mol. The number of Topliss-reactive ketones (excluding diaryl/α,β-unsaturated/α-hetero) is 1. The Labute approximate surface area is 42.0 Å². The Balaban J connectivity index is 3.58. The maximum Gasteiger partial charge on any atom is 0.196 e. The lowest BCUT2D eigenvalue weighted by molar-refractivity contribution is -0.112. The molecule has 0 rings (SSSR count). The van der Waals surface area contributed by atoms with Crippen molar-refractivity contribution in [3.63, 3.8) is 0 Å². The van der Waals surface area contributed by atoms with Gasteiger partial charge in [-0.05, 0) is 0 Å². The van der Waals surface area contributed by atoms with Crippen LogP contribution in [0.5, 0.6) is 0 Å². The summed E-state index contributed by atoms with van der Waals surface area (Å²) in [6.45, 7) is 1.67. The fourth-order valence-corrected chi connectivity index (χ4v) is 0.190. The number of carbonyl (C=O) groups excluding carboxylic acids is 1. The van der Waals surface area contributed by atoms with Gasteiger partial charge in [-0.15, -0.1) is 0 Å². The Morgan fingerprint density at radius 1 is 1.86 bits per heavy atom. The second-order valence-corrected chi connectivity index (χ2v) is 1.19. The van der Waals surface area contributed by atoms with E-state index in [-0.39, 0.29) is 11.6 Å². The van der Waals surface area contributed by atoms with Gasteiger partial charge in [0.25, 0.3) is 0 Å². The summed E-state index contributed by atoms with van der Waals surface area (Å²) in [5, 5.41) is 6.53. The molecule has 0 aliphatic rings. The molecule has 0 radical (unpaired) electrons. The van der Waals surface area contributed by atoms with Gasteiger partial charge in [-0.3, -0.25) is 10.2 Å². The number of nitrogens with two attached hydrogens (primary N) is 1. The summed E-state index contributed by atoms with van der Waals surface area (Å²) >= 11 is 0. The van der Waals surface area contributed by atoms with Crippen molar-refractivity contribution in [3.05, 3.63) is 0 Å². The van der Waals surface area contributed by atoms with Crippen LogP contribution in [-0.4, -0.2) is 11.6 Å². The van der Waals surface area contributed by atoms with Crippen LogP contribution in [0.25, 0.3) is 0 Å². The summed E-state index contributed by atoms with van der Waals surface area (Å²) in [5.41, 5.74) is 4.78. The van der Waals surface area contributed by atoms with Gasteiger partial charge in [0.05, 0.1) is 0 Å². The predicted molar refractivity (Wildman–Crippen MR) is 27.2 cm³/mol. The highest BCUT2D eigenvalue weighted by molar-refractivity contribution is 6.36. The second kappa shape index (κ2) is 2.34. The zero-order valence-corrected chi connectivity index (χ0v) is 4.19. The van der Waals surface area contributed by atoms with Gasteiger partial charge in [-0.2, -0.15) is 0 Å². The van der Waals surface area contributed by atoms with E-state index in [0.29, 0.717) is 6.42 Å². The van der Waals surface area contributed by atoms with Crippen molar-refractivity contribution < 1.29 is 4.79 Å². The molecule has 0 amide bonds. The van der Waals surface area contributed by atoms with E-state index in [1.807, 2.05) is 0 Å². The van der Waals surface area contributed by atoms with Crippen molar-refractivity contribution in [2.75, 3.05) is 0 Å². The standard InChI is InChI=1S/C4H8N2O/c1-2-3(7)4(5)6/h2H2,1H3,(H3,5,6). The van der Waals surface area contributed by atoms with Crippen LogP contribution < -0.4 is 5.73 Å². The molecule has 40 valence electrons. The number of rotatable bonds is 2. The van der Waals surface area contributed by atoms with Gasteiger partial charge in [-0.1, -0.05) is 6.92 Å². The quantitative estimate of drug-likeness (QED) is 0.376. The molecule has 0 unspecified atom stereocenters. The first kappa shape index (κ1) is 6.14. The Hall–Kier alpha value is -0.860. The first-order valence-electron chi connectivity index (χ1n) is 2.05. The highest BCUT2D eigenvalue weighted by atomic mass is 16.1. The normalized spacial score (nSPS) is 8.14. The number of amidine groups is 1. The van der Waals surface area contributed by atoms with Gasteiger partial charge in [-0.25, -0.2) is 0 Å². The average Bonchev–Trinajstić information content (AvgIpc) is 1.65. The van der Waals surface area contributed by atoms with Gasteiger partial charge in [0.15, 0.2) is 11.6 Å². The summed E-state index contributed by atoms with van der Waals surface area (Å²) in [7, 11) is 0. The van der Waals surface area contributed by atoms with Crippen molar-refractivity contribution in [2.45, 2.75) is 13.3 Å². The molecule has 0 aromatic carbocycles. The molecule has 3 nitrogen and oxygen atoms in total. The topological polar surface area (TPSA) is 66.9 Å².